The van der Waals surface area contributed by atoms with Gasteiger partial charge in [-0.15, -0.1) is 0 Å². The Morgan fingerprint density at radius 1 is 1.13 bits per heavy atom. The number of hydrogen-bond donors (Lipinski definition) is 2. The highest BCUT2D eigenvalue weighted by Gasteiger charge is 2.29. The molecule has 0 amide bonds. The number of nitrogens with zero attached hydrogens (tertiary/aromatic N) is 3. The fraction of sp³-hybridized carbons (Fsp3) is 0.429. The molecular weight excluding hydrogens is 395 g/mol. The molecule has 0 bridgehead atoms. The average molecular weight is 421 g/mol. The molecule has 1 saturated heterocycles. The van der Waals surface area contributed by atoms with Crippen LogP contribution in [0.2, 0.25) is 0 Å². The Morgan fingerprint density at radius 2 is 1.87 bits per heavy atom. The van der Waals surface area contributed by atoms with Crippen molar-refractivity contribution in [3.05, 3.63) is 59.3 Å². The Bertz CT molecular complexity index is 833. The van der Waals surface area contributed by atoms with Crippen molar-refractivity contribution in [1.82, 2.24) is 15.6 Å². The SMILES string of the molecule is CN=C(NCCc1ccc(C(F)(F)F)cc1)NCc1cccnc1N1CCOCC1. The van der Waals surface area contributed by atoms with Gasteiger partial charge in [0, 0.05) is 45.0 Å². The van der Waals surface area contributed by atoms with Crippen molar-refractivity contribution < 1.29 is 17.9 Å². The lowest BCUT2D eigenvalue weighted by Gasteiger charge is -2.29. The lowest BCUT2D eigenvalue weighted by atomic mass is 10.1. The maximum Gasteiger partial charge on any atom is 0.416 e. The van der Waals surface area contributed by atoms with E-state index in [2.05, 4.69) is 25.5 Å². The summed E-state index contributed by atoms with van der Waals surface area (Å²) in [6.45, 7) is 4.11. The molecule has 0 aliphatic carbocycles. The van der Waals surface area contributed by atoms with Crippen LogP contribution in [-0.2, 0) is 23.9 Å². The van der Waals surface area contributed by atoms with Crippen LogP contribution in [-0.4, -0.2) is 50.8 Å². The highest BCUT2D eigenvalue weighted by atomic mass is 19.4. The summed E-state index contributed by atoms with van der Waals surface area (Å²) < 4.78 is 43.3. The third-order valence-electron chi connectivity index (χ3n) is 4.84. The van der Waals surface area contributed by atoms with Crippen LogP contribution >= 0.6 is 0 Å². The van der Waals surface area contributed by atoms with E-state index in [1.54, 1.807) is 13.2 Å². The van der Waals surface area contributed by atoms with Crippen molar-refractivity contribution in [2.24, 2.45) is 4.99 Å². The van der Waals surface area contributed by atoms with Gasteiger partial charge in [0.15, 0.2) is 5.96 Å². The summed E-state index contributed by atoms with van der Waals surface area (Å²) >= 11 is 0. The zero-order valence-corrected chi connectivity index (χ0v) is 16.9. The van der Waals surface area contributed by atoms with Crippen LogP contribution in [0.25, 0.3) is 0 Å². The number of rotatable bonds is 6. The minimum atomic E-state index is -4.31. The van der Waals surface area contributed by atoms with Gasteiger partial charge in [0.05, 0.1) is 18.8 Å². The first-order chi connectivity index (χ1) is 14.5. The lowest BCUT2D eigenvalue weighted by Crippen LogP contribution is -2.40. The number of ether oxygens (including phenoxy) is 1. The minimum absolute atomic E-state index is 0.550. The van der Waals surface area contributed by atoms with E-state index in [4.69, 9.17) is 4.74 Å². The molecule has 1 aromatic heterocycles. The minimum Gasteiger partial charge on any atom is -0.378 e. The van der Waals surface area contributed by atoms with Crippen LogP contribution in [0, 0.1) is 0 Å². The number of hydrogen-bond acceptors (Lipinski definition) is 4. The van der Waals surface area contributed by atoms with Crippen molar-refractivity contribution in [3.63, 3.8) is 0 Å². The molecule has 30 heavy (non-hydrogen) atoms. The molecule has 0 spiro atoms. The van der Waals surface area contributed by atoms with Crippen LogP contribution in [0.4, 0.5) is 19.0 Å². The summed E-state index contributed by atoms with van der Waals surface area (Å²) in [6, 6.07) is 9.16. The van der Waals surface area contributed by atoms with Gasteiger partial charge in [0.25, 0.3) is 0 Å². The quantitative estimate of drug-likeness (QED) is 0.555. The number of nitrogens with one attached hydrogen (secondary N) is 2. The molecule has 9 heteroatoms. The molecular formula is C21H26F3N5O. The van der Waals surface area contributed by atoms with Crippen LogP contribution in [0.15, 0.2) is 47.6 Å². The van der Waals surface area contributed by atoms with Crippen LogP contribution in [0.5, 0.6) is 0 Å². The second kappa shape index (κ2) is 10.3. The summed E-state index contributed by atoms with van der Waals surface area (Å²) in [4.78, 5) is 10.9. The van der Waals surface area contributed by atoms with Gasteiger partial charge in [-0.2, -0.15) is 13.2 Å². The first kappa shape index (κ1) is 21.9. The summed E-state index contributed by atoms with van der Waals surface area (Å²) in [7, 11) is 1.68. The first-order valence-electron chi connectivity index (χ1n) is 9.84. The summed E-state index contributed by atoms with van der Waals surface area (Å²) in [5, 5.41) is 6.47. The molecule has 0 saturated carbocycles. The third-order valence-corrected chi connectivity index (χ3v) is 4.84. The van der Waals surface area contributed by atoms with E-state index in [1.807, 2.05) is 12.1 Å². The Hall–Kier alpha value is -2.81. The second-order valence-corrected chi connectivity index (χ2v) is 6.88. The number of anilines is 1. The van der Waals surface area contributed by atoms with E-state index in [0.29, 0.717) is 38.7 Å². The van der Waals surface area contributed by atoms with Crippen LogP contribution < -0.4 is 15.5 Å². The van der Waals surface area contributed by atoms with Crippen molar-refractivity contribution in [2.45, 2.75) is 19.1 Å². The fourth-order valence-corrected chi connectivity index (χ4v) is 3.21. The van der Waals surface area contributed by atoms with Gasteiger partial charge < -0.3 is 20.3 Å². The second-order valence-electron chi connectivity index (χ2n) is 6.88. The maximum absolute atomic E-state index is 12.6. The topological polar surface area (TPSA) is 61.8 Å². The van der Waals surface area contributed by atoms with Gasteiger partial charge in [-0.25, -0.2) is 4.98 Å². The van der Waals surface area contributed by atoms with E-state index in [0.717, 1.165) is 42.2 Å². The van der Waals surface area contributed by atoms with Gasteiger partial charge in [0.1, 0.15) is 5.82 Å². The van der Waals surface area contributed by atoms with E-state index >= 15 is 0 Å². The smallest absolute Gasteiger partial charge is 0.378 e. The molecule has 2 heterocycles. The molecule has 3 rings (SSSR count). The fourth-order valence-electron chi connectivity index (χ4n) is 3.21. The highest BCUT2D eigenvalue weighted by Crippen LogP contribution is 2.29. The van der Waals surface area contributed by atoms with Gasteiger partial charge in [-0.3, -0.25) is 4.99 Å². The zero-order chi connectivity index (χ0) is 21.4. The number of alkyl halides is 3. The molecule has 6 nitrogen and oxygen atoms in total. The number of pyridine rings is 1. The van der Waals surface area contributed by atoms with Gasteiger partial charge >= 0.3 is 6.18 Å². The van der Waals surface area contributed by atoms with Crippen LogP contribution in [0.3, 0.4) is 0 Å². The molecule has 0 unspecified atom stereocenters. The molecule has 162 valence electrons. The first-order valence-corrected chi connectivity index (χ1v) is 9.84. The monoisotopic (exact) mass is 421 g/mol. The largest absolute Gasteiger partial charge is 0.416 e. The zero-order valence-electron chi connectivity index (χ0n) is 16.9. The number of guanidine groups is 1. The lowest BCUT2D eigenvalue weighted by molar-refractivity contribution is -0.137. The molecule has 1 aliphatic rings. The van der Waals surface area contributed by atoms with E-state index in [1.165, 1.54) is 12.1 Å². The van der Waals surface area contributed by atoms with E-state index < -0.39 is 11.7 Å². The van der Waals surface area contributed by atoms with Crippen LogP contribution in [0.1, 0.15) is 16.7 Å². The molecule has 0 radical (unpaired) electrons. The van der Waals surface area contributed by atoms with Crippen molar-refractivity contribution in [3.8, 4) is 0 Å². The standard InChI is InChI=1S/C21H26F3N5O/c1-25-20(27-10-8-16-4-6-18(7-5-16)21(22,23)24)28-15-17-3-2-9-26-19(17)29-11-13-30-14-12-29/h2-7,9H,8,10-15H2,1H3,(H2,25,27,28). The number of morpholine rings is 1. The Morgan fingerprint density at radius 3 is 2.53 bits per heavy atom. The van der Waals surface area contributed by atoms with Crippen molar-refractivity contribution in [1.29, 1.82) is 0 Å². The summed E-state index contributed by atoms with van der Waals surface area (Å²) in [6.07, 6.45) is -1.94. The van der Waals surface area contributed by atoms with Gasteiger partial charge in [0.2, 0.25) is 0 Å². The van der Waals surface area contributed by atoms with E-state index in [9.17, 15) is 13.2 Å². The van der Waals surface area contributed by atoms with Crippen molar-refractivity contribution in [2.75, 3.05) is 44.8 Å². The Kier molecular flexibility index (Phi) is 7.51. The number of halogens is 3. The number of aromatic nitrogens is 1. The summed E-state index contributed by atoms with van der Waals surface area (Å²) in [5.41, 5.74) is 1.25. The third kappa shape index (κ3) is 6.09. The molecule has 1 fully saturated rings. The predicted octanol–water partition coefficient (Wildman–Crippen LogP) is 2.84. The number of benzene rings is 1. The molecule has 1 aromatic carbocycles. The maximum atomic E-state index is 12.6. The van der Waals surface area contributed by atoms with Gasteiger partial charge in [-0.1, -0.05) is 18.2 Å². The van der Waals surface area contributed by atoms with Gasteiger partial charge in [-0.05, 0) is 30.2 Å². The summed E-state index contributed by atoms with van der Waals surface area (Å²) in [5.74, 6) is 1.56. The Labute approximate surface area is 174 Å². The van der Waals surface area contributed by atoms with E-state index in [-0.39, 0.29) is 0 Å². The molecule has 0 atom stereocenters. The molecule has 1 aliphatic heterocycles. The highest BCUT2D eigenvalue weighted by molar-refractivity contribution is 5.79. The number of aliphatic imine (C=N–C) groups is 1. The predicted molar refractivity (Wildman–Crippen MR) is 111 cm³/mol. The molecule has 2 N–H and O–H groups in total. The van der Waals surface area contributed by atoms with Crippen molar-refractivity contribution >= 4 is 11.8 Å². The Balaban J connectivity index is 1.50. The normalized spacial score (nSPS) is 15.2. The molecule has 2 aromatic rings. The average Bonchev–Trinajstić information content (AvgIpc) is 2.76.